The summed E-state index contributed by atoms with van der Waals surface area (Å²) in [6.45, 7) is 0. The highest BCUT2D eigenvalue weighted by atomic mass is 35.5. The van der Waals surface area contributed by atoms with Crippen molar-refractivity contribution in [2.24, 2.45) is 0 Å². The average molecular weight is 233 g/mol. The molecule has 1 aromatic heterocycles. The molecule has 2 aromatic rings. The summed E-state index contributed by atoms with van der Waals surface area (Å²) in [7, 11) is 0. The maximum absolute atomic E-state index is 13.3. The highest BCUT2D eigenvalue weighted by Crippen LogP contribution is 2.39. The van der Waals surface area contributed by atoms with E-state index in [1.165, 1.54) is 11.8 Å². The van der Waals surface area contributed by atoms with Crippen molar-refractivity contribution in [1.82, 2.24) is 0 Å². The largest absolute Gasteiger partial charge is 0.194 e. The van der Waals surface area contributed by atoms with Gasteiger partial charge in [0.15, 0.2) is 5.13 Å². The van der Waals surface area contributed by atoms with Gasteiger partial charge in [-0.2, -0.15) is 4.39 Å². The van der Waals surface area contributed by atoms with E-state index in [2.05, 4.69) is 0 Å². The Morgan fingerprint density at radius 3 is 2.92 bits per heavy atom. The Morgan fingerprint density at radius 2 is 2.23 bits per heavy atom. The van der Waals surface area contributed by atoms with Crippen molar-refractivity contribution in [3.05, 3.63) is 28.4 Å². The molecule has 13 heavy (non-hydrogen) atoms. The molecule has 0 aliphatic rings. The summed E-state index contributed by atoms with van der Waals surface area (Å²) in [5.74, 6) is 0. The molecule has 0 amide bonds. The number of thioether (sulfide) groups is 1. The average Bonchev–Trinajstić information content (AvgIpc) is 2.42. The van der Waals surface area contributed by atoms with Gasteiger partial charge < -0.3 is 0 Å². The number of hydrogen-bond acceptors (Lipinski definition) is 2. The van der Waals surface area contributed by atoms with Crippen LogP contribution in [0.15, 0.2) is 23.1 Å². The van der Waals surface area contributed by atoms with E-state index < -0.39 is 0 Å². The van der Waals surface area contributed by atoms with Crippen molar-refractivity contribution in [3.8, 4) is 0 Å². The van der Waals surface area contributed by atoms with Gasteiger partial charge in [-0.3, -0.25) is 0 Å². The lowest BCUT2D eigenvalue weighted by Gasteiger charge is -1.95. The lowest BCUT2D eigenvalue weighted by molar-refractivity contribution is 0.636. The van der Waals surface area contributed by atoms with Crippen molar-refractivity contribution in [2.75, 3.05) is 6.26 Å². The van der Waals surface area contributed by atoms with Crippen molar-refractivity contribution < 1.29 is 4.39 Å². The zero-order valence-corrected chi connectivity index (χ0v) is 9.19. The second kappa shape index (κ2) is 3.48. The zero-order chi connectivity index (χ0) is 9.42. The van der Waals surface area contributed by atoms with E-state index in [4.69, 9.17) is 11.6 Å². The van der Waals surface area contributed by atoms with Crippen molar-refractivity contribution in [3.63, 3.8) is 0 Å². The molecule has 0 bridgehead atoms. The van der Waals surface area contributed by atoms with Gasteiger partial charge in [-0.15, -0.1) is 23.1 Å². The Balaban J connectivity index is 2.88. The molecular formula is C9H6ClFS2. The number of benzene rings is 1. The first-order chi connectivity index (χ1) is 6.24. The number of halogens is 2. The molecule has 0 unspecified atom stereocenters. The fraction of sp³-hybridized carbons (Fsp3) is 0.111. The molecule has 0 spiro atoms. The second-order valence-electron chi connectivity index (χ2n) is 2.52. The molecule has 0 saturated heterocycles. The highest BCUT2D eigenvalue weighted by molar-refractivity contribution is 7.99. The molecule has 0 N–H and O–H groups in total. The maximum Gasteiger partial charge on any atom is 0.191 e. The Hall–Kier alpha value is -0.250. The maximum atomic E-state index is 13.3. The SMILES string of the molecule is CSc1c(F)sc2cccc(Cl)c12. The van der Waals surface area contributed by atoms with Gasteiger partial charge in [-0.05, 0) is 18.4 Å². The molecule has 1 aromatic carbocycles. The summed E-state index contributed by atoms with van der Waals surface area (Å²) >= 11 is 8.52. The Labute approximate surface area is 88.7 Å². The van der Waals surface area contributed by atoms with Crippen molar-refractivity contribution in [2.45, 2.75) is 4.90 Å². The third-order valence-corrected chi connectivity index (χ3v) is 3.96. The minimum atomic E-state index is -0.143. The van der Waals surface area contributed by atoms with Gasteiger partial charge in [0.05, 0.1) is 9.92 Å². The van der Waals surface area contributed by atoms with E-state index in [1.54, 1.807) is 6.07 Å². The summed E-state index contributed by atoms with van der Waals surface area (Å²) in [6.07, 6.45) is 1.86. The number of thiophene rings is 1. The molecule has 0 aliphatic heterocycles. The fourth-order valence-electron chi connectivity index (χ4n) is 1.23. The van der Waals surface area contributed by atoms with Gasteiger partial charge in [-0.1, -0.05) is 17.7 Å². The first kappa shape index (κ1) is 9.31. The van der Waals surface area contributed by atoms with Crippen LogP contribution in [0.2, 0.25) is 5.02 Å². The van der Waals surface area contributed by atoms with Crippen LogP contribution in [0.5, 0.6) is 0 Å². The molecule has 0 saturated carbocycles. The summed E-state index contributed by atoms with van der Waals surface area (Å²) in [5, 5.41) is 1.33. The van der Waals surface area contributed by atoms with Gasteiger partial charge in [0.1, 0.15) is 0 Å². The number of rotatable bonds is 1. The molecule has 0 nitrogen and oxygen atoms in total. The van der Waals surface area contributed by atoms with Crippen LogP contribution in [-0.2, 0) is 0 Å². The molecule has 2 rings (SSSR count). The molecule has 1 heterocycles. The van der Waals surface area contributed by atoms with Crippen LogP contribution in [0.1, 0.15) is 0 Å². The van der Waals surface area contributed by atoms with Crippen LogP contribution in [0.25, 0.3) is 10.1 Å². The molecular weight excluding hydrogens is 227 g/mol. The van der Waals surface area contributed by atoms with E-state index >= 15 is 0 Å². The monoisotopic (exact) mass is 232 g/mol. The van der Waals surface area contributed by atoms with E-state index in [-0.39, 0.29) is 5.13 Å². The fourth-order valence-corrected chi connectivity index (χ4v) is 3.49. The van der Waals surface area contributed by atoms with Gasteiger partial charge in [0.2, 0.25) is 0 Å². The predicted octanol–water partition coefficient (Wildman–Crippen LogP) is 4.42. The molecule has 4 heteroatoms. The third kappa shape index (κ3) is 1.45. The summed E-state index contributed by atoms with van der Waals surface area (Å²) < 4.78 is 14.2. The molecule has 0 atom stereocenters. The Morgan fingerprint density at radius 1 is 1.46 bits per heavy atom. The van der Waals surface area contributed by atoms with Crippen LogP contribution < -0.4 is 0 Å². The van der Waals surface area contributed by atoms with Gasteiger partial charge in [0.25, 0.3) is 0 Å². The quantitative estimate of drug-likeness (QED) is 0.656. The Kier molecular flexibility index (Phi) is 2.49. The van der Waals surface area contributed by atoms with Crippen molar-refractivity contribution in [1.29, 1.82) is 0 Å². The number of hydrogen-bond donors (Lipinski definition) is 0. The van der Waals surface area contributed by atoms with E-state index in [1.807, 2.05) is 18.4 Å². The standard InChI is InChI=1S/C9H6ClFS2/c1-12-8-7-5(10)3-2-4-6(7)13-9(8)11/h2-4H,1H3. The zero-order valence-electron chi connectivity index (χ0n) is 6.80. The normalized spacial score (nSPS) is 11.0. The second-order valence-corrected chi connectivity index (χ2v) is 4.75. The minimum Gasteiger partial charge on any atom is -0.194 e. The lowest BCUT2D eigenvalue weighted by atomic mass is 10.3. The van der Waals surface area contributed by atoms with Crippen LogP contribution in [0.3, 0.4) is 0 Å². The van der Waals surface area contributed by atoms with E-state index in [9.17, 15) is 4.39 Å². The Bertz CT molecular complexity index is 450. The first-order valence-corrected chi connectivity index (χ1v) is 6.06. The summed E-state index contributed by atoms with van der Waals surface area (Å²) in [4.78, 5) is 0.658. The third-order valence-electron chi connectivity index (χ3n) is 1.78. The van der Waals surface area contributed by atoms with Gasteiger partial charge in [-0.25, -0.2) is 0 Å². The first-order valence-electron chi connectivity index (χ1n) is 3.64. The van der Waals surface area contributed by atoms with Crippen LogP contribution >= 0.6 is 34.7 Å². The van der Waals surface area contributed by atoms with Crippen LogP contribution in [0, 0.1) is 5.13 Å². The molecule has 0 aliphatic carbocycles. The minimum absolute atomic E-state index is 0.143. The smallest absolute Gasteiger partial charge is 0.191 e. The predicted molar refractivity (Wildman–Crippen MR) is 58.6 cm³/mol. The van der Waals surface area contributed by atoms with Crippen LogP contribution in [-0.4, -0.2) is 6.26 Å². The van der Waals surface area contributed by atoms with Crippen molar-refractivity contribution >= 4 is 44.8 Å². The van der Waals surface area contributed by atoms with Gasteiger partial charge >= 0.3 is 0 Å². The summed E-state index contributed by atoms with van der Waals surface area (Å²) in [6, 6.07) is 5.51. The summed E-state index contributed by atoms with van der Waals surface area (Å²) in [5.41, 5.74) is 0. The molecule has 0 radical (unpaired) electrons. The lowest BCUT2D eigenvalue weighted by Crippen LogP contribution is -1.71. The molecule has 68 valence electrons. The van der Waals surface area contributed by atoms with E-state index in [0.29, 0.717) is 9.92 Å². The van der Waals surface area contributed by atoms with Crippen LogP contribution in [0.4, 0.5) is 4.39 Å². The molecule has 0 fully saturated rings. The van der Waals surface area contributed by atoms with E-state index in [0.717, 1.165) is 21.4 Å². The number of fused-ring (bicyclic) bond motifs is 1. The highest BCUT2D eigenvalue weighted by Gasteiger charge is 2.12. The van der Waals surface area contributed by atoms with Gasteiger partial charge in [0, 0.05) is 10.1 Å². The topological polar surface area (TPSA) is 0 Å².